The van der Waals surface area contributed by atoms with E-state index in [0.717, 1.165) is 31.5 Å². The molecule has 0 saturated carbocycles. The molecular weight excluding hydrogens is 611 g/mol. The van der Waals surface area contributed by atoms with E-state index in [2.05, 4.69) is 31.8 Å². The second-order valence-corrected chi connectivity index (χ2v) is 14.0. The Labute approximate surface area is 268 Å². The van der Waals surface area contributed by atoms with Gasteiger partial charge in [-0.1, -0.05) is 32.1 Å². The molecule has 0 aromatic carbocycles. The van der Waals surface area contributed by atoms with E-state index in [4.69, 9.17) is 21.7 Å². The number of hydrogen-bond donors (Lipinski definition) is 6. The lowest BCUT2D eigenvalue weighted by molar-refractivity contribution is -0.245. The number of aromatic amines is 1. The Bertz CT molecular complexity index is 1750. The molecule has 1 fully saturated rings. The molecule has 1 unspecified atom stereocenters. The van der Waals surface area contributed by atoms with Crippen LogP contribution >= 0.6 is 0 Å². The first-order chi connectivity index (χ1) is 21.9. The SMILES string of the molecule is CC(C)COC(=O)c1[nH]c2c(c1/C([NH3+])=C/N(N)CC1CCN(CCNS(=O)(=O)C3C=CC(/C(C=[NH2+])=C/N)=CC3)CC1)=CC(F)=C=C=2. The van der Waals surface area contributed by atoms with E-state index in [1.54, 1.807) is 23.4 Å². The van der Waals surface area contributed by atoms with Crippen LogP contribution in [0.2, 0.25) is 0 Å². The number of aromatic nitrogens is 1. The molecule has 1 saturated heterocycles. The first kappa shape index (κ1) is 34.9. The second-order valence-electron chi connectivity index (χ2n) is 12.1. The summed E-state index contributed by atoms with van der Waals surface area (Å²) >= 11 is 0. The Balaban J connectivity index is 1.29. The standard InChI is InChI=1S/C32H43FN8O4S/c1-21(2)20-45-32(42)31-30(27-15-25(33)5-8-29(27)39-31)28(36)19-41(37)18-22-9-12-40(13-10-22)14-11-38-46(43,44)26-6-3-23(4-7-26)24(16-34)17-35/h3-4,6,15-17,19,21-22,26,34,38-39H,7,9-14,18,20,35-37H2,1-2H3/p+2/b24-17+,28-19-,34-16?. The lowest BCUT2D eigenvalue weighted by Crippen LogP contribution is -2.50. The number of carbonyl (C=O) groups excluding carboxylic acids is 1. The molecule has 1 aromatic rings. The van der Waals surface area contributed by atoms with E-state index >= 15 is 0 Å². The van der Waals surface area contributed by atoms with Gasteiger partial charge >= 0.3 is 5.97 Å². The van der Waals surface area contributed by atoms with Crippen LogP contribution in [0.15, 0.2) is 53.3 Å². The Morgan fingerprint density at radius 2 is 2.09 bits per heavy atom. The zero-order valence-electron chi connectivity index (χ0n) is 26.4. The van der Waals surface area contributed by atoms with Crippen molar-refractivity contribution in [3.8, 4) is 0 Å². The van der Waals surface area contributed by atoms with Gasteiger partial charge < -0.3 is 31.1 Å². The number of hydrazine groups is 1. The number of nitrogens with zero attached hydrogens (tertiary/aromatic N) is 2. The average molecular weight is 657 g/mol. The molecule has 248 valence electrons. The molecule has 14 heteroatoms. The maximum atomic E-state index is 14.1. The van der Waals surface area contributed by atoms with Crippen molar-refractivity contribution in [3.05, 3.63) is 75.2 Å². The normalized spacial score (nSPS) is 19.2. The van der Waals surface area contributed by atoms with Gasteiger partial charge in [0.25, 0.3) is 0 Å². The molecular formula is C32H45FN8O4S+2. The molecule has 12 nitrogen and oxygen atoms in total. The van der Waals surface area contributed by atoms with E-state index in [9.17, 15) is 17.6 Å². The first-order valence-corrected chi connectivity index (χ1v) is 16.9. The predicted octanol–water partition coefficient (Wildman–Crippen LogP) is -1.72. The fourth-order valence-electron chi connectivity index (χ4n) is 5.60. The molecule has 3 aliphatic rings. The summed E-state index contributed by atoms with van der Waals surface area (Å²) in [5, 5.41) is 7.32. The number of carbonyl (C=O) groups is 1. The van der Waals surface area contributed by atoms with Gasteiger partial charge in [-0.25, -0.2) is 23.8 Å². The van der Waals surface area contributed by atoms with Crippen molar-refractivity contribution in [2.24, 2.45) is 23.4 Å². The first-order valence-electron chi connectivity index (χ1n) is 15.4. The van der Waals surface area contributed by atoms with Crippen LogP contribution < -0.4 is 38.0 Å². The number of esters is 1. The van der Waals surface area contributed by atoms with Gasteiger partial charge in [0, 0.05) is 31.1 Å². The Hall–Kier alpha value is -4.00. The number of likely N-dealkylation sites (tertiary alicyclic amines) is 1. The smallest absolute Gasteiger partial charge is 0.355 e. The van der Waals surface area contributed by atoms with E-state index in [0.29, 0.717) is 59.4 Å². The van der Waals surface area contributed by atoms with Crippen LogP contribution in [0.1, 0.15) is 49.2 Å². The molecule has 0 amide bonds. The van der Waals surface area contributed by atoms with E-state index in [-0.39, 0.29) is 18.2 Å². The molecule has 0 radical (unpaired) electrons. The van der Waals surface area contributed by atoms with Gasteiger partial charge in [0.1, 0.15) is 5.69 Å². The molecule has 4 rings (SSSR count). The molecule has 46 heavy (non-hydrogen) atoms. The highest BCUT2D eigenvalue weighted by molar-refractivity contribution is 7.90. The quantitative estimate of drug-likeness (QED) is 0.0447. The number of sulfonamides is 1. The highest BCUT2D eigenvalue weighted by atomic mass is 32.2. The van der Waals surface area contributed by atoms with Gasteiger partial charge in [-0.15, -0.1) is 0 Å². The van der Waals surface area contributed by atoms with E-state index in [1.165, 1.54) is 18.5 Å². The lowest BCUT2D eigenvalue weighted by Gasteiger charge is -2.33. The molecule has 0 bridgehead atoms. The Morgan fingerprint density at radius 1 is 1.35 bits per heavy atom. The van der Waals surface area contributed by atoms with Gasteiger partial charge in [0.05, 0.1) is 34.5 Å². The summed E-state index contributed by atoms with van der Waals surface area (Å²) in [5.41, 5.74) is 17.2. The largest absolute Gasteiger partial charge is 0.461 e. The van der Waals surface area contributed by atoms with Crippen LogP contribution in [-0.2, 0) is 14.8 Å². The minimum atomic E-state index is -3.53. The zero-order chi connectivity index (χ0) is 33.4. The number of nitrogens with one attached hydrogen (secondary N) is 2. The van der Waals surface area contributed by atoms with Crippen molar-refractivity contribution in [1.82, 2.24) is 19.6 Å². The molecule has 1 aliphatic heterocycles. The van der Waals surface area contributed by atoms with Crippen LogP contribution in [0, 0.1) is 11.8 Å². The Morgan fingerprint density at radius 3 is 2.72 bits per heavy atom. The third kappa shape index (κ3) is 8.83. The number of fused-ring (bicyclic) bond motifs is 1. The maximum Gasteiger partial charge on any atom is 0.355 e. The Kier molecular flexibility index (Phi) is 11.8. The lowest BCUT2D eigenvalue weighted by atomic mass is 9.96. The summed E-state index contributed by atoms with van der Waals surface area (Å²) in [7, 11) is -3.53. The van der Waals surface area contributed by atoms with Crippen molar-refractivity contribution >= 4 is 39.7 Å². The fourth-order valence-corrected chi connectivity index (χ4v) is 6.82. The predicted molar refractivity (Wildman–Crippen MR) is 175 cm³/mol. The average Bonchev–Trinajstić information content (AvgIpc) is 3.40. The third-order valence-corrected chi connectivity index (χ3v) is 9.82. The van der Waals surface area contributed by atoms with Gasteiger partial charge in [-0.3, -0.25) is 5.41 Å². The summed E-state index contributed by atoms with van der Waals surface area (Å²) < 4.78 is 47.9. The van der Waals surface area contributed by atoms with E-state index < -0.39 is 27.1 Å². The van der Waals surface area contributed by atoms with Crippen molar-refractivity contribution in [3.63, 3.8) is 0 Å². The number of rotatable bonds is 14. The van der Waals surface area contributed by atoms with Gasteiger partial charge in [0.15, 0.2) is 17.7 Å². The van der Waals surface area contributed by atoms with Crippen LogP contribution in [0.25, 0.3) is 17.5 Å². The number of quaternary nitrogens is 1. The molecule has 2 heterocycles. The number of H-pyrrole nitrogens is 1. The van der Waals surface area contributed by atoms with Crippen molar-refractivity contribution in [2.45, 2.75) is 38.4 Å². The molecule has 11 N–H and O–H groups in total. The number of allylic oxidation sites excluding steroid dienone is 5. The summed E-state index contributed by atoms with van der Waals surface area (Å²) in [6, 6.07) is 0. The maximum absolute atomic E-state index is 14.1. The van der Waals surface area contributed by atoms with E-state index in [1.807, 2.05) is 19.9 Å². The van der Waals surface area contributed by atoms with Crippen LogP contribution in [-0.4, -0.2) is 80.1 Å². The summed E-state index contributed by atoms with van der Waals surface area (Å²) in [5.74, 6) is 5.64. The minimum Gasteiger partial charge on any atom is -0.461 e. The fraction of sp³-hybridized carbons (Fsp3) is 0.438. The summed E-state index contributed by atoms with van der Waals surface area (Å²) in [4.78, 5) is 18.1. The number of halogens is 1. The molecule has 0 spiro atoms. The number of ether oxygens (including phenoxy) is 1. The summed E-state index contributed by atoms with van der Waals surface area (Å²) in [6.45, 7) is 7.19. The van der Waals surface area contributed by atoms with Crippen molar-refractivity contribution < 1.29 is 33.5 Å². The second kappa shape index (κ2) is 15.5. The van der Waals surface area contributed by atoms with Gasteiger partial charge in [-0.2, -0.15) is 4.39 Å². The molecule has 1 atom stereocenters. The van der Waals surface area contributed by atoms with Crippen molar-refractivity contribution in [2.75, 3.05) is 39.3 Å². The number of hydrogen-bond acceptors (Lipinski definition) is 8. The third-order valence-electron chi connectivity index (χ3n) is 8.07. The topological polar surface area (TPSA) is 200 Å². The minimum absolute atomic E-state index is 0.147. The number of nitrogens with two attached hydrogens (primary N) is 3. The zero-order valence-corrected chi connectivity index (χ0v) is 27.2. The highest BCUT2D eigenvalue weighted by Gasteiger charge is 2.27. The number of piperidine rings is 1. The highest BCUT2D eigenvalue weighted by Crippen LogP contribution is 2.21. The van der Waals surface area contributed by atoms with Gasteiger partial charge in [-0.05, 0) is 67.3 Å². The summed E-state index contributed by atoms with van der Waals surface area (Å²) in [6.07, 6.45) is 13.0. The van der Waals surface area contributed by atoms with Crippen molar-refractivity contribution in [1.29, 1.82) is 0 Å². The van der Waals surface area contributed by atoms with Crippen LogP contribution in [0.3, 0.4) is 0 Å². The monoisotopic (exact) mass is 656 g/mol. The van der Waals surface area contributed by atoms with Crippen LogP contribution in [0.4, 0.5) is 4.39 Å². The van der Waals surface area contributed by atoms with Crippen LogP contribution in [0.5, 0.6) is 0 Å². The van der Waals surface area contributed by atoms with Gasteiger partial charge in [0.2, 0.25) is 10.0 Å². The molecule has 1 aromatic heterocycles. The molecule has 2 aliphatic carbocycles.